The second-order valence-electron chi connectivity index (χ2n) is 6.76. The van der Waals surface area contributed by atoms with Gasteiger partial charge in [-0.15, -0.1) is 0 Å². The highest BCUT2D eigenvalue weighted by Crippen LogP contribution is 2.19. The average molecular weight is 382 g/mol. The molecule has 0 saturated carbocycles. The summed E-state index contributed by atoms with van der Waals surface area (Å²) in [6.45, 7) is 2.24. The van der Waals surface area contributed by atoms with E-state index in [1.165, 1.54) is 49.4 Å². The molecule has 0 bridgehead atoms. The summed E-state index contributed by atoms with van der Waals surface area (Å²) in [6, 6.07) is 16.1. The van der Waals surface area contributed by atoms with Gasteiger partial charge in [0.15, 0.2) is 5.16 Å². The molecular formula is C22H27N3OS. The Morgan fingerprint density at radius 2 is 1.81 bits per heavy atom. The second kappa shape index (κ2) is 10.2. The van der Waals surface area contributed by atoms with Crippen LogP contribution in [-0.4, -0.2) is 21.6 Å². The summed E-state index contributed by atoms with van der Waals surface area (Å²) < 4.78 is 0. The number of unbranched alkanes of at least 4 members (excludes halogenated alkanes) is 4. The van der Waals surface area contributed by atoms with Crippen LogP contribution in [0.2, 0.25) is 0 Å². The van der Waals surface area contributed by atoms with Gasteiger partial charge >= 0.3 is 0 Å². The number of nitrogens with one attached hydrogen (secondary N) is 2. The van der Waals surface area contributed by atoms with E-state index in [4.69, 9.17) is 0 Å². The largest absolute Gasteiger partial charge is 0.333 e. The predicted octanol–water partition coefficient (Wildman–Crippen LogP) is 5.81. The molecule has 0 unspecified atom stereocenters. The number of thioether (sulfide) groups is 1. The molecule has 5 heteroatoms. The van der Waals surface area contributed by atoms with E-state index in [0.717, 1.165) is 28.3 Å². The van der Waals surface area contributed by atoms with Gasteiger partial charge < -0.3 is 10.3 Å². The van der Waals surface area contributed by atoms with Crippen molar-refractivity contribution >= 4 is 34.4 Å². The van der Waals surface area contributed by atoms with Crippen LogP contribution in [0.25, 0.3) is 11.0 Å². The lowest BCUT2D eigenvalue weighted by Gasteiger charge is -2.06. The summed E-state index contributed by atoms with van der Waals surface area (Å²) in [5.74, 6) is 0.312. The molecule has 0 radical (unpaired) electrons. The summed E-state index contributed by atoms with van der Waals surface area (Å²) in [4.78, 5) is 19.9. The first-order chi connectivity index (χ1) is 13.2. The summed E-state index contributed by atoms with van der Waals surface area (Å²) in [6.07, 6.45) is 7.58. The number of aromatic amines is 1. The first-order valence-electron chi connectivity index (χ1n) is 9.71. The third-order valence-corrected chi connectivity index (χ3v) is 5.39. The molecule has 0 atom stereocenters. The monoisotopic (exact) mass is 381 g/mol. The number of nitrogens with zero attached hydrogens (tertiary/aromatic N) is 1. The van der Waals surface area contributed by atoms with Gasteiger partial charge in [-0.1, -0.05) is 68.6 Å². The highest BCUT2D eigenvalue weighted by Gasteiger charge is 2.07. The van der Waals surface area contributed by atoms with E-state index in [1.54, 1.807) is 0 Å². The Morgan fingerprint density at radius 1 is 1.04 bits per heavy atom. The van der Waals surface area contributed by atoms with Crippen molar-refractivity contribution < 1.29 is 4.79 Å². The van der Waals surface area contributed by atoms with Crippen molar-refractivity contribution in [1.29, 1.82) is 0 Å². The summed E-state index contributed by atoms with van der Waals surface area (Å²) in [5.41, 5.74) is 4.09. The lowest BCUT2D eigenvalue weighted by atomic mass is 10.1. The number of para-hydroxylation sites is 2. The van der Waals surface area contributed by atoms with Gasteiger partial charge in [0.25, 0.3) is 0 Å². The normalized spacial score (nSPS) is 11.0. The first kappa shape index (κ1) is 19.5. The Kier molecular flexibility index (Phi) is 7.34. The molecule has 2 aromatic carbocycles. The van der Waals surface area contributed by atoms with E-state index >= 15 is 0 Å². The Balaban J connectivity index is 1.42. The Hall–Kier alpha value is -2.27. The van der Waals surface area contributed by atoms with Crippen molar-refractivity contribution in [1.82, 2.24) is 9.97 Å². The highest BCUT2D eigenvalue weighted by molar-refractivity contribution is 7.99. The number of carbonyl (C=O) groups excluding carboxylic acids is 1. The molecule has 27 heavy (non-hydrogen) atoms. The van der Waals surface area contributed by atoms with Gasteiger partial charge in [-0.25, -0.2) is 4.98 Å². The fourth-order valence-corrected chi connectivity index (χ4v) is 3.70. The fourth-order valence-electron chi connectivity index (χ4n) is 3.02. The molecule has 3 aromatic rings. The zero-order chi connectivity index (χ0) is 18.9. The van der Waals surface area contributed by atoms with Crippen LogP contribution in [0.1, 0.15) is 44.6 Å². The number of aromatic nitrogens is 2. The van der Waals surface area contributed by atoms with Crippen molar-refractivity contribution in [2.24, 2.45) is 0 Å². The topological polar surface area (TPSA) is 57.8 Å². The molecule has 0 aliphatic carbocycles. The number of H-pyrrole nitrogens is 1. The third-order valence-electron chi connectivity index (χ3n) is 4.51. The van der Waals surface area contributed by atoms with E-state index in [2.05, 4.69) is 34.3 Å². The maximum Gasteiger partial charge on any atom is 0.234 e. The molecule has 3 rings (SSSR count). The van der Waals surface area contributed by atoms with Gasteiger partial charge in [0.05, 0.1) is 16.8 Å². The Labute approximate surface area is 165 Å². The van der Waals surface area contributed by atoms with Gasteiger partial charge in [-0.05, 0) is 42.7 Å². The molecule has 0 spiro atoms. The highest BCUT2D eigenvalue weighted by atomic mass is 32.2. The van der Waals surface area contributed by atoms with Gasteiger partial charge in [0, 0.05) is 5.69 Å². The number of imidazole rings is 1. The summed E-state index contributed by atoms with van der Waals surface area (Å²) >= 11 is 1.42. The number of hydrogen-bond donors (Lipinski definition) is 2. The number of rotatable bonds is 10. The Bertz CT molecular complexity index is 824. The molecule has 2 N–H and O–H groups in total. The molecule has 0 fully saturated rings. The van der Waals surface area contributed by atoms with Crippen LogP contribution >= 0.6 is 11.8 Å². The van der Waals surface area contributed by atoms with Gasteiger partial charge in [-0.2, -0.15) is 0 Å². The average Bonchev–Trinajstić information content (AvgIpc) is 3.10. The number of aryl methyl sites for hydroxylation is 1. The molecule has 1 aromatic heterocycles. The van der Waals surface area contributed by atoms with Crippen LogP contribution in [0, 0.1) is 0 Å². The molecule has 0 saturated heterocycles. The fraction of sp³-hybridized carbons (Fsp3) is 0.364. The van der Waals surface area contributed by atoms with Crippen molar-refractivity contribution in [2.75, 3.05) is 11.1 Å². The van der Waals surface area contributed by atoms with Crippen molar-refractivity contribution in [3.63, 3.8) is 0 Å². The van der Waals surface area contributed by atoms with E-state index in [1.807, 2.05) is 36.4 Å². The quantitative estimate of drug-likeness (QED) is 0.344. The lowest BCUT2D eigenvalue weighted by molar-refractivity contribution is -0.113. The van der Waals surface area contributed by atoms with E-state index in [0.29, 0.717) is 5.75 Å². The van der Waals surface area contributed by atoms with Crippen molar-refractivity contribution in [2.45, 2.75) is 50.6 Å². The van der Waals surface area contributed by atoms with Crippen molar-refractivity contribution in [3.05, 3.63) is 54.1 Å². The minimum atomic E-state index is -0.0206. The molecule has 0 aliphatic heterocycles. The zero-order valence-electron chi connectivity index (χ0n) is 15.8. The third kappa shape index (κ3) is 6.14. The minimum Gasteiger partial charge on any atom is -0.333 e. The van der Waals surface area contributed by atoms with Crippen molar-refractivity contribution in [3.8, 4) is 0 Å². The molecular weight excluding hydrogens is 354 g/mol. The van der Waals surface area contributed by atoms with E-state index in [9.17, 15) is 4.79 Å². The molecule has 4 nitrogen and oxygen atoms in total. The Morgan fingerprint density at radius 3 is 2.59 bits per heavy atom. The summed E-state index contributed by atoms with van der Waals surface area (Å²) in [5, 5.41) is 3.72. The number of amides is 1. The maximum atomic E-state index is 12.2. The van der Waals surface area contributed by atoms with E-state index < -0.39 is 0 Å². The minimum absolute atomic E-state index is 0.0206. The maximum absolute atomic E-state index is 12.2. The number of hydrogen-bond acceptors (Lipinski definition) is 3. The van der Waals surface area contributed by atoms with Crippen LogP contribution in [0.15, 0.2) is 53.7 Å². The van der Waals surface area contributed by atoms with Crippen LogP contribution < -0.4 is 5.32 Å². The van der Waals surface area contributed by atoms with Gasteiger partial charge in [0.2, 0.25) is 5.91 Å². The zero-order valence-corrected chi connectivity index (χ0v) is 16.6. The van der Waals surface area contributed by atoms with Crippen LogP contribution in [0.4, 0.5) is 5.69 Å². The van der Waals surface area contributed by atoms with E-state index in [-0.39, 0.29) is 5.91 Å². The van der Waals surface area contributed by atoms with Gasteiger partial charge in [-0.3, -0.25) is 4.79 Å². The number of carbonyl (C=O) groups is 1. The lowest BCUT2D eigenvalue weighted by Crippen LogP contribution is -2.14. The van der Waals surface area contributed by atoms with Crippen LogP contribution in [0.3, 0.4) is 0 Å². The number of benzene rings is 2. The molecule has 1 heterocycles. The van der Waals surface area contributed by atoms with Gasteiger partial charge in [0.1, 0.15) is 0 Å². The van der Waals surface area contributed by atoms with Crippen LogP contribution in [0.5, 0.6) is 0 Å². The number of anilines is 1. The predicted molar refractivity (Wildman–Crippen MR) is 114 cm³/mol. The molecule has 142 valence electrons. The smallest absolute Gasteiger partial charge is 0.234 e. The first-order valence-corrected chi connectivity index (χ1v) is 10.7. The second-order valence-corrected chi connectivity index (χ2v) is 7.72. The number of fused-ring (bicyclic) bond motifs is 1. The van der Waals surface area contributed by atoms with Crippen LogP contribution in [-0.2, 0) is 11.2 Å². The standard InChI is InChI=1S/C22H27N3OS/c1-2-3-4-5-6-9-17-12-14-18(15-13-17)23-21(26)16-27-22-24-19-10-7-8-11-20(19)25-22/h7-8,10-15H,2-6,9,16H2,1H3,(H,23,26)(H,24,25). The summed E-state index contributed by atoms with van der Waals surface area (Å²) in [7, 11) is 0. The molecule has 0 aliphatic rings. The molecule has 1 amide bonds. The SMILES string of the molecule is CCCCCCCc1ccc(NC(=O)CSc2nc3ccccc3[nH]2)cc1.